The van der Waals surface area contributed by atoms with E-state index in [2.05, 4.69) is 20.6 Å². The first-order valence-electron chi connectivity index (χ1n) is 14.3. The number of nitrogens with two attached hydrogens (primary N) is 1. The van der Waals surface area contributed by atoms with E-state index >= 15 is 4.39 Å². The molecule has 0 bridgehead atoms. The van der Waals surface area contributed by atoms with Gasteiger partial charge in [0.1, 0.15) is 18.2 Å². The Kier molecular flexibility index (Phi) is 11.0. The number of nitrogens with one attached hydrogen (secondary N) is 4. The van der Waals surface area contributed by atoms with Gasteiger partial charge in [0.25, 0.3) is 0 Å². The van der Waals surface area contributed by atoms with E-state index in [1.807, 2.05) is 26.0 Å². The lowest BCUT2D eigenvalue weighted by Gasteiger charge is -2.22. The quantitative estimate of drug-likeness (QED) is 0.0892. The second kappa shape index (κ2) is 14.7. The van der Waals surface area contributed by atoms with Crippen LogP contribution in [0.25, 0.3) is 28.0 Å². The van der Waals surface area contributed by atoms with Gasteiger partial charge in [-0.15, -0.1) is 0 Å². The van der Waals surface area contributed by atoms with E-state index in [1.165, 1.54) is 4.57 Å². The molecule has 0 radical (unpaired) electrons. The molecule has 0 amide bonds. The smallest absolute Gasteiger partial charge is 0.354 e. The number of amidine groups is 1. The Labute approximate surface area is 254 Å². The standard InChI is InChI=1S/C31H38ClF2N7O2/c1-18(35)4-3-5-20-12-25(29(34)26(32)13-20)27-14-22-16-41(31(43)40-30(22)39-27)24-8-6-21(7-9-24)19(2)38-23(17-42)10-11-37-28(36)15-33/h6-9,12-14,16,18-19,23,38,42H,3-5,10-11,15,17,35H2,1-2H3,(H2,36,37)(H,39,40,43)/t18-,19-,23+/m0/s1. The summed E-state index contributed by atoms with van der Waals surface area (Å²) < 4.78 is 29.0. The SMILES string of the molecule is C[C@H](N)CCCc1cc(Cl)c(F)c(-c2cc3cn(-c4ccc([C@H](C)N[C@@H](CO)CCNC(=N)CF)cc4)c(=O)nc3[nH]2)c1. The van der Waals surface area contributed by atoms with Crippen molar-refractivity contribution in [2.45, 2.75) is 57.7 Å². The molecule has 0 aliphatic heterocycles. The van der Waals surface area contributed by atoms with E-state index < -0.39 is 18.2 Å². The summed E-state index contributed by atoms with van der Waals surface area (Å²) in [5.74, 6) is -0.731. The van der Waals surface area contributed by atoms with Crippen LogP contribution in [-0.2, 0) is 6.42 Å². The molecule has 12 heteroatoms. The molecule has 2 aromatic heterocycles. The van der Waals surface area contributed by atoms with Crippen LogP contribution in [-0.4, -0.2) is 57.4 Å². The first-order chi connectivity index (χ1) is 20.6. The lowest BCUT2D eigenvalue weighted by atomic mass is 10.0. The monoisotopic (exact) mass is 613 g/mol. The first kappa shape index (κ1) is 32.3. The zero-order valence-corrected chi connectivity index (χ0v) is 25.0. The number of aryl methyl sites for hydroxylation is 1. The van der Waals surface area contributed by atoms with Crippen molar-refractivity contribution in [3.8, 4) is 16.9 Å². The van der Waals surface area contributed by atoms with Gasteiger partial charge in [0.05, 0.1) is 23.0 Å². The summed E-state index contributed by atoms with van der Waals surface area (Å²) in [4.78, 5) is 20.2. The number of fused-ring (bicyclic) bond motifs is 1. The molecule has 0 spiro atoms. The number of aromatic nitrogens is 3. The molecule has 0 fully saturated rings. The third-order valence-electron chi connectivity index (χ3n) is 7.35. The van der Waals surface area contributed by atoms with E-state index in [-0.39, 0.29) is 35.6 Å². The second-order valence-electron chi connectivity index (χ2n) is 10.9. The minimum atomic E-state index is -0.854. The molecule has 9 nitrogen and oxygen atoms in total. The Morgan fingerprint density at radius 2 is 1.95 bits per heavy atom. The van der Waals surface area contributed by atoms with E-state index in [1.54, 1.807) is 36.5 Å². The average molecular weight is 614 g/mol. The summed E-state index contributed by atoms with van der Waals surface area (Å²) in [6.07, 6.45) is 4.59. The fraction of sp³-hybridized carbons (Fsp3) is 0.387. The number of hydrogen-bond donors (Lipinski definition) is 6. The van der Waals surface area contributed by atoms with Gasteiger partial charge in [-0.1, -0.05) is 23.7 Å². The third kappa shape index (κ3) is 8.26. The molecule has 2 heterocycles. The zero-order chi connectivity index (χ0) is 31.1. The molecule has 0 saturated carbocycles. The van der Waals surface area contributed by atoms with Gasteiger partial charge in [0.15, 0.2) is 5.82 Å². The number of benzene rings is 2. The molecule has 230 valence electrons. The summed E-state index contributed by atoms with van der Waals surface area (Å²) in [7, 11) is 0. The van der Waals surface area contributed by atoms with Gasteiger partial charge >= 0.3 is 5.69 Å². The highest BCUT2D eigenvalue weighted by Gasteiger charge is 2.17. The number of nitrogens with zero attached hydrogens (tertiary/aromatic N) is 2. The second-order valence-corrected chi connectivity index (χ2v) is 11.3. The van der Waals surface area contributed by atoms with Crippen LogP contribution in [0.1, 0.15) is 50.3 Å². The van der Waals surface area contributed by atoms with Crippen molar-refractivity contribution >= 4 is 28.5 Å². The van der Waals surface area contributed by atoms with Gasteiger partial charge in [-0.05, 0) is 81.0 Å². The number of hydrogen-bond acceptors (Lipinski definition) is 6. The largest absolute Gasteiger partial charge is 0.395 e. The summed E-state index contributed by atoms with van der Waals surface area (Å²) in [5.41, 5.74) is 8.93. The van der Waals surface area contributed by atoms with Crippen LogP contribution >= 0.6 is 11.6 Å². The van der Waals surface area contributed by atoms with Crippen molar-refractivity contribution in [1.82, 2.24) is 25.2 Å². The number of aliphatic hydroxyl groups is 1. The predicted octanol–water partition coefficient (Wildman–Crippen LogP) is 4.78. The number of halogens is 3. The number of alkyl halides is 1. The van der Waals surface area contributed by atoms with Crippen LogP contribution in [0.4, 0.5) is 8.78 Å². The predicted molar refractivity (Wildman–Crippen MR) is 167 cm³/mol. The van der Waals surface area contributed by atoms with Crippen molar-refractivity contribution < 1.29 is 13.9 Å². The topological polar surface area (TPSA) is 145 Å². The van der Waals surface area contributed by atoms with Crippen LogP contribution in [0, 0.1) is 11.2 Å². The maximum atomic E-state index is 15.1. The van der Waals surface area contributed by atoms with Crippen LogP contribution < -0.4 is 22.1 Å². The molecular formula is C31H38ClF2N7O2. The van der Waals surface area contributed by atoms with Crippen LogP contribution in [0.15, 0.2) is 53.5 Å². The van der Waals surface area contributed by atoms with Crippen LogP contribution in [0.2, 0.25) is 5.02 Å². The highest BCUT2D eigenvalue weighted by Crippen LogP contribution is 2.31. The van der Waals surface area contributed by atoms with Crippen molar-refractivity contribution in [3.63, 3.8) is 0 Å². The van der Waals surface area contributed by atoms with Crippen molar-refractivity contribution in [2.75, 3.05) is 19.8 Å². The van der Waals surface area contributed by atoms with Crippen LogP contribution in [0.5, 0.6) is 0 Å². The van der Waals surface area contributed by atoms with E-state index in [0.717, 1.165) is 24.0 Å². The Balaban J connectivity index is 1.52. The Bertz CT molecular complexity index is 1600. The molecule has 3 atom stereocenters. The maximum Gasteiger partial charge on any atom is 0.354 e. The summed E-state index contributed by atoms with van der Waals surface area (Å²) in [5, 5.41) is 23.7. The third-order valence-corrected chi connectivity index (χ3v) is 7.63. The summed E-state index contributed by atoms with van der Waals surface area (Å²) in [6, 6.07) is 12.2. The van der Waals surface area contributed by atoms with Gasteiger partial charge in [0.2, 0.25) is 0 Å². The lowest BCUT2D eigenvalue weighted by molar-refractivity contribution is 0.227. The molecule has 43 heavy (non-hydrogen) atoms. The Morgan fingerprint density at radius 3 is 2.63 bits per heavy atom. The molecule has 4 aromatic rings. The first-order valence-corrected chi connectivity index (χ1v) is 14.7. The Morgan fingerprint density at radius 1 is 1.21 bits per heavy atom. The molecular weight excluding hydrogens is 576 g/mol. The number of rotatable bonds is 14. The van der Waals surface area contributed by atoms with Crippen molar-refractivity contribution in [2.24, 2.45) is 5.73 Å². The molecule has 0 aliphatic rings. The summed E-state index contributed by atoms with van der Waals surface area (Å²) >= 11 is 6.23. The fourth-order valence-electron chi connectivity index (χ4n) is 4.98. The van der Waals surface area contributed by atoms with Gasteiger partial charge in [-0.2, -0.15) is 4.98 Å². The highest BCUT2D eigenvalue weighted by atomic mass is 35.5. The van der Waals surface area contributed by atoms with Gasteiger partial charge < -0.3 is 26.5 Å². The maximum absolute atomic E-state index is 15.1. The molecule has 0 aliphatic carbocycles. The normalized spacial score (nSPS) is 13.7. The van der Waals surface area contributed by atoms with E-state index in [4.69, 9.17) is 22.7 Å². The molecule has 0 unspecified atom stereocenters. The zero-order valence-electron chi connectivity index (χ0n) is 24.3. The summed E-state index contributed by atoms with van der Waals surface area (Å²) in [6.45, 7) is 3.31. The highest BCUT2D eigenvalue weighted by molar-refractivity contribution is 6.31. The molecule has 2 aromatic carbocycles. The van der Waals surface area contributed by atoms with Crippen molar-refractivity contribution in [1.29, 1.82) is 5.41 Å². The van der Waals surface area contributed by atoms with Gasteiger partial charge in [-0.25, -0.2) is 13.6 Å². The van der Waals surface area contributed by atoms with Gasteiger partial charge in [-0.3, -0.25) is 9.98 Å². The minimum absolute atomic E-state index is 0.0302. The number of aromatic amines is 1. The van der Waals surface area contributed by atoms with E-state index in [9.17, 15) is 14.3 Å². The number of H-pyrrole nitrogens is 1. The van der Waals surface area contributed by atoms with E-state index in [0.29, 0.717) is 47.4 Å². The van der Waals surface area contributed by atoms with Crippen molar-refractivity contribution in [3.05, 3.63) is 81.1 Å². The van der Waals surface area contributed by atoms with Crippen LogP contribution in [0.3, 0.4) is 0 Å². The number of aliphatic hydroxyl groups excluding tert-OH is 1. The molecule has 7 N–H and O–H groups in total. The fourth-order valence-corrected chi connectivity index (χ4v) is 5.23. The minimum Gasteiger partial charge on any atom is -0.395 e. The average Bonchev–Trinajstić information content (AvgIpc) is 3.40. The van der Waals surface area contributed by atoms with Gasteiger partial charge in [0, 0.05) is 41.8 Å². The molecule has 0 saturated heterocycles. The molecule has 4 rings (SSSR count). The lowest BCUT2D eigenvalue weighted by Crippen LogP contribution is -2.38. The Hall–Kier alpha value is -3.64.